The van der Waals surface area contributed by atoms with Gasteiger partial charge in [0.05, 0.1) is 5.69 Å². The van der Waals surface area contributed by atoms with Gasteiger partial charge in [-0.25, -0.2) is 0 Å². The summed E-state index contributed by atoms with van der Waals surface area (Å²) in [5.41, 5.74) is 1.15. The Labute approximate surface area is 77.7 Å². The van der Waals surface area contributed by atoms with Crippen LogP contribution >= 0.6 is 0 Å². The summed E-state index contributed by atoms with van der Waals surface area (Å²) in [6, 6.07) is 3.53. The molecule has 0 spiro atoms. The lowest BCUT2D eigenvalue weighted by molar-refractivity contribution is 0.304. The van der Waals surface area contributed by atoms with Gasteiger partial charge in [-0.3, -0.25) is 4.90 Å². The van der Waals surface area contributed by atoms with Gasteiger partial charge in [0.25, 0.3) is 0 Å². The van der Waals surface area contributed by atoms with Crippen LogP contribution in [0.25, 0.3) is 0 Å². The fraction of sp³-hybridized carbons (Fsp3) is 0.700. The number of nitrogens with zero attached hydrogens (tertiary/aromatic N) is 2. The van der Waals surface area contributed by atoms with E-state index in [2.05, 4.69) is 17.1 Å². The quantitative estimate of drug-likeness (QED) is 0.654. The number of hydrogen-bond acceptors (Lipinski definition) is 3. The Morgan fingerprint density at radius 3 is 3.00 bits per heavy atom. The molecule has 3 atom stereocenters. The lowest BCUT2D eigenvalue weighted by Crippen LogP contribution is -2.25. The third kappa shape index (κ3) is 0.967. The molecule has 1 aromatic rings. The number of aromatic nitrogens is 1. The van der Waals surface area contributed by atoms with Crippen LogP contribution in [0.5, 0.6) is 0 Å². The van der Waals surface area contributed by atoms with Gasteiger partial charge >= 0.3 is 0 Å². The van der Waals surface area contributed by atoms with Crippen LogP contribution in [0, 0.1) is 0 Å². The van der Waals surface area contributed by atoms with E-state index in [0.29, 0.717) is 5.92 Å². The molecular weight excluding hydrogens is 164 g/mol. The van der Waals surface area contributed by atoms with E-state index in [1.807, 2.05) is 6.07 Å². The Bertz CT molecular complexity index is 296. The molecular formula is C10H14N2O. The Morgan fingerprint density at radius 1 is 1.54 bits per heavy atom. The zero-order valence-electron chi connectivity index (χ0n) is 7.81. The normalized spacial score (nSPS) is 38.7. The maximum absolute atomic E-state index is 4.90. The fourth-order valence-corrected chi connectivity index (χ4v) is 2.99. The summed E-state index contributed by atoms with van der Waals surface area (Å²) in [5, 5.41) is 4.05. The van der Waals surface area contributed by atoms with Crippen LogP contribution in [0.15, 0.2) is 16.9 Å². The second-order valence-electron chi connectivity index (χ2n) is 4.23. The van der Waals surface area contributed by atoms with Crippen LogP contribution in [0.2, 0.25) is 0 Å². The summed E-state index contributed by atoms with van der Waals surface area (Å²) in [6.07, 6.45) is 5.66. The molecule has 0 saturated carbocycles. The molecule has 0 aliphatic carbocycles. The lowest BCUT2D eigenvalue weighted by atomic mass is 9.87. The van der Waals surface area contributed by atoms with Crippen molar-refractivity contribution in [3.05, 3.63) is 18.0 Å². The maximum atomic E-state index is 4.90. The van der Waals surface area contributed by atoms with E-state index in [0.717, 1.165) is 17.8 Å². The zero-order chi connectivity index (χ0) is 8.84. The molecule has 2 aliphatic heterocycles. The third-order valence-corrected chi connectivity index (χ3v) is 3.72. The predicted molar refractivity (Wildman–Crippen MR) is 48.4 cm³/mol. The first-order valence-electron chi connectivity index (χ1n) is 4.98. The highest BCUT2D eigenvalue weighted by atomic mass is 16.5. The second kappa shape index (κ2) is 2.58. The smallest absolute Gasteiger partial charge is 0.124 e. The topological polar surface area (TPSA) is 29.3 Å². The molecule has 3 unspecified atom stereocenters. The average molecular weight is 178 g/mol. The maximum Gasteiger partial charge on any atom is 0.124 e. The van der Waals surface area contributed by atoms with E-state index >= 15 is 0 Å². The van der Waals surface area contributed by atoms with Crippen molar-refractivity contribution in [2.75, 3.05) is 7.05 Å². The van der Waals surface area contributed by atoms with E-state index in [1.54, 1.807) is 6.26 Å². The summed E-state index contributed by atoms with van der Waals surface area (Å²) in [7, 11) is 2.24. The zero-order valence-corrected chi connectivity index (χ0v) is 7.81. The van der Waals surface area contributed by atoms with Crippen LogP contribution in [0.3, 0.4) is 0 Å². The molecule has 0 N–H and O–H groups in total. The first-order valence-corrected chi connectivity index (χ1v) is 4.98. The first kappa shape index (κ1) is 7.56. The van der Waals surface area contributed by atoms with Crippen LogP contribution in [0.1, 0.15) is 30.9 Å². The molecule has 2 fully saturated rings. The van der Waals surface area contributed by atoms with Gasteiger partial charge < -0.3 is 4.52 Å². The summed E-state index contributed by atoms with van der Waals surface area (Å²) >= 11 is 0. The first-order chi connectivity index (χ1) is 6.36. The number of likely N-dealkylation sites (N-methyl/N-ethyl adjacent to an activating group) is 1. The minimum atomic E-state index is 0.627. The highest BCUT2D eigenvalue weighted by molar-refractivity contribution is 5.15. The van der Waals surface area contributed by atoms with E-state index in [9.17, 15) is 0 Å². The van der Waals surface area contributed by atoms with Crippen molar-refractivity contribution < 1.29 is 4.52 Å². The lowest BCUT2D eigenvalue weighted by Gasteiger charge is -2.18. The van der Waals surface area contributed by atoms with Crippen LogP contribution in [-0.4, -0.2) is 29.2 Å². The van der Waals surface area contributed by atoms with Gasteiger partial charge in [0, 0.05) is 24.1 Å². The fourth-order valence-electron chi connectivity index (χ4n) is 2.99. The number of hydrogen-bond donors (Lipinski definition) is 0. The van der Waals surface area contributed by atoms with Crippen LogP contribution in [-0.2, 0) is 0 Å². The molecule has 0 amide bonds. The molecule has 3 rings (SSSR count). The van der Waals surface area contributed by atoms with Crippen molar-refractivity contribution in [2.24, 2.45) is 0 Å². The van der Waals surface area contributed by atoms with Crippen LogP contribution < -0.4 is 0 Å². The van der Waals surface area contributed by atoms with Crippen molar-refractivity contribution in [3.8, 4) is 0 Å². The minimum Gasteiger partial charge on any atom is -0.365 e. The third-order valence-electron chi connectivity index (χ3n) is 3.72. The number of rotatable bonds is 1. The van der Waals surface area contributed by atoms with Crippen LogP contribution in [0.4, 0.5) is 0 Å². The molecule has 3 nitrogen and oxygen atoms in total. The molecule has 70 valence electrons. The van der Waals surface area contributed by atoms with Gasteiger partial charge in [0.2, 0.25) is 0 Å². The van der Waals surface area contributed by atoms with E-state index < -0.39 is 0 Å². The largest absolute Gasteiger partial charge is 0.365 e. The van der Waals surface area contributed by atoms with Gasteiger partial charge in [-0.15, -0.1) is 0 Å². The molecule has 13 heavy (non-hydrogen) atoms. The van der Waals surface area contributed by atoms with Gasteiger partial charge in [0.15, 0.2) is 0 Å². The Balaban J connectivity index is 1.89. The predicted octanol–water partition coefficient (Wildman–Crippen LogP) is 1.62. The van der Waals surface area contributed by atoms with E-state index in [4.69, 9.17) is 4.52 Å². The Hall–Kier alpha value is -0.830. The van der Waals surface area contributed by atoms with Crippen molar-refractivity contribution >= 4 is 0 Å². The summed E-state index contributed by atoms with van der Waals surface area (Å²) in [6.45, 7) is 0. The highest BCUT2D eigenvalue weighted by Gasteiger charge is 2.45. The molecule has 2 bridgehead atoms. The molecule has 3 heteroatoms. The monoisotopic (exact) mass is 178 g/mol. The van der Waals surface area contributed by atoms with Gasteiger partial charge in [-0.1, -0.05) is 5.16 Å². The number of fused-ring (bicyclic) bond motifs is 2. The van der Waals surface area contributed by atoms with Crippen molar-refractivity contribution in [3.63, 3.8) is 0 Å². The minimum absolute atomic E-state index is 0.627. The van der Waals surface area contributed by atoms with Crippen molar-refractivity contribution in [1.29, 1.82) is 0 Å². The molecule has 1 aromatic heterocycles. The highest BCUT2D eigenvalue weighted by Crippen LogP contribution is 2.45. The summed E-state index contributed by atoms with van der Waals surface area (Å²) in [5.74, 6) is 0.627. The SMILES string of the molecule is CN1C2CCC1C(c1ccon1)C2. The molecule has 3 heterocycles. The summed E-state index contributed by atoms with van der Waals surface area (Å²) in [4.78, 5) is 2.51. The molecule has 0 aromatic carbocycles. The second-order valence-corrected chi connectivity index (χ2v) is 4.23. The summed E-state index contributed by atoms with van der Waals surface area (Å²) < 4.78 is 4.90. The van der Waals surface area contributed by atoms with Gasteiger partial charge in [-0.2, -0.15) is 0 Å². The average Bonchev–Trinajstić information content (AvgIpc) is 2.82. The van der Waals surface area contributed by atoms with Crippen molar-refractivity contribution in [2.45, 2.75) is 37.3 Å². The van der Waals surface area contributed by atoms with E-state index in [1.165, 1.54) is 19.3 Å². The standard InChI is InChI=1S/C10H14N2O/c1-12-7-2-3-10(12)8(6-7)9-4-5-13-11-9/h4-5,7-8,10H,2-3,6H2,1H3. The molecule has 2 saturated heterocycles. The van der Waals surface area contributed by atoms with E-state index in [-0.39, 0.29) is 0 Å². The van der Waals surface area contributed by atoms with Gasteiger partial charge in [-0.05, 0) is 26.3 Å². The molecule has 0 radical (unpaired) electrons. The molecule has 2 aliphatic rings. The Kier molecular flexibility index (Phi) is 1.50. The van der Waals surface area contributed by atoms with Gasteiger partial charge in [0.1, 0.15) is 6.26 Å². The Morgan fingerprint density at radius 2 is 2.46 bits per heavy atom. The van der Waals surface area contributed by atoms with Crippen molar-refractivity contribution in [1.82, 2.24) is 10.1 Å².